The van der Waals surface area contributed by atoms with Crippen LogP contribution in [0.15, 0.2) is 24.3 Å². The summed E-state index contributed by atoms with van der Waals surface area (Å²) in [5, 5.41) is 0.338. The van der Waals surface area contributed by atoms with Crippen LogP contribution in [-0.4, -0.2) is 5.38 Å². The molecule has 0 aromatic heterocycles. The smallest absolute Gasteiger partial charge is 0.0379 e. The monoisotopic (exact) mass is 208 g/mol. The number of hydrogen-bond donors (Lipinski definition) is 0. The Hall–Kier alpha value is -0.490. The van der Waals surface area contributed by atoms with E-state index in [1.807, 2.05) is 0 Å². The van der Waals surface area contributed by atoms with Gasteiger partial charge in [0, 0.05) is 5.38 Å². The Morgan fingerprint density at radius 3 is 2.50 bits per heavy atom. The third-order valence-electron chi connectivity index (χ3n) is 2.86. The third-order valence-corrected chi connectivity index (χ3v) is 3.20. The molecule has 1 atom stereocenters. The zero-order valence-electron chi connectivity index (χ0n) is 8.67. The lowest BCUT2D eigenvalue weighted by Crippen LogP contribution is -2.04. The zero-order valence-corrected chi connectivity index (χ0v) is 9.43. The van der Waals surface area contributed by atoms with Crippen molar-refractivity contribution >= 4 is 11.6 Å². The van der Waals surface area contributed by atoms with Crippen LogP contribution in [0.5, 0.6) is 0 Å². The molecule has 1 aromatic rings. The van der Waals surface area contributed by atoms with Crippen molar-refractivity contribution in [3.63, 3.8) is 0 Å². The van der Waals surface area contributed by atoms with Gasteiger partial charge in [0.25, 0.3) is 0 Å². The fourth-order valence-corrected chi connectivity index (χ4v) is 2.21. The lowest BCUT2D eigenvalue weighted by atomic mass is 10.0. The molecule has 0 amide bonds. The molecule has 0 radical (unpaired) electrons. The molecule has 1 heteroatoms. The summed E-state index contributed by atoms with van der Waals surface area (Å²) in [5.74, 6) is 0.933. The van der Waals surface area contributed by atoms with E-state index in [4.69, 9.17) is 11.6 Å². The van der Waals surface area contributed by atoms with Crippen molar-refractivity contribution in [2.75, 3.05) is 0 Å². The minimum absolute atomic E-state index is 0.338. The largest absolute Gasteiger partial charge is 0.123 e. The molecule has 1 aliphatic rings. The van der Waals surface area contributed by atoms with Crippen molar-refractivity contribution < 1.29 is 0 Å². The van der Waals surface area contributed by atoms with E-state index in [-0.39, 0.29) is 0 Å². The minimum Gasteiger partial charge on any atom is -0.123 e. The Balaban J connectivity index is 1.85. The highest BCUT2D eigenvalue weighted by molar-refractivity contribution is 6.20. The van der Waals surface area contributed by atoms with Gasteiger partial charge in [-0.05, 0) is 31.2 Å². The first-order valence-corrected chi connectivity index (χ1v) is 5.87. The summed E-state index contributed by atoms with van der Waals surface area (Å²) in [4.78, 5) is 0. The average molecular weight is 209 g/mol. The van der Waals surface area contributed by atoms with Gasteiger partial charge in [-0.15, -0.1) is 11.6 Å². The molecule has 0 spiro atoms. The number of halogens is 1. The van der Waals surface area contributed by atoms with Gasteiger partial charge in [0.05, 0.1) is 0 Å². The highest BCUT2D eigenvalue weighted by Crippen LogP contribution is 2.35. The molecule has 76 valence electrons. The Bertz CT molecular complexity index is 285. The van der Waals surface area contributed by atoms with Gasteiger partial charge in [0.2, 0.25) is 0 Å². The van der Waals surface area contributed by atoms with Gasteiger partial charge < -0.3 is 0 Å². The van der Waals surface area contributed by atoms with Crippen molar-refractivity contribution in [2.45, 2.75) is 38.0 Å². The van der Waals surface area contributed by atoms with Gasteiger partial charge in [0.1, 0.15) is 0 Å². The first-order chi connectivity index (χ1) is 6.74. The Morgan fingerprint density at radius 2 is 1.93 bits per heavy atom. The zero-order chi connectivity index (χ0) is 9.97. The molecule has 2 rings (SSSR count). The molecule has 1 unspecified atom stereocenters. The van der Waals surface area contributed by atoms with E-state index in [2.05, 4.69) is 31.2 Å². The second-order valence-electron chi connectivity index (χ2n) is 4.47. The van der Waals surface area contributed by atoms with Crippen LogP contribution in [0.2, 0.25) is 0 Å². The molecular weight excluding hydrogens is 192 g/mol. The van der Waals surface area contributed by atoms with Gasteiger partial charge >= 0.3 is 0 Å². The number of benzene rings is 1. The van der Waals surface area contributed by atoms with E-state index in [1.54, 1.807) is 0 Å². The lowest BCUT2D eigenvalue weighted by Gasteiger charge is -2.08. The standard InChI is InChI=1S/C13H17Cl/c1-10-2-4-11(5-3-10)8-13(14)9-12-6-7-12/h2-5,12-13H,6-9H2,1H3. The lowest BCUT2D eigenvalue weighted by molar-refractivity contribution is 0.674. The highest BCUT2D eigenvalue weighted by Gasteiger charge is 2.24. The SMILES string of the molecule is Cc1ccc(CC(Cl)CC2CC2)cc1. The van der Waals surface area contributed by atoms with Crippen LogP contribution in [0.1, 0.15) is 30.4 Å². The van der Waals surface area contributed by atoms with Crippen LogP contribution < -0.4 is 0 Å². The molecule has 1 saturated carbocycles. The number of hydrogen-bond acceptors (Lipinski definition) is 0. The average Bonchev–Trinajstić information content (AvgIpc) is 2.93. The Labute approximate surface area is 91.3 Å². The molecule has 1 fully saturated rings. The topological polar surface area (TPSA) is 0 Å². The summed E-state index contributed by atoms with van der Waals surface area (Å²) >= 11 is 6.29. The summed E-state index contributed by atoms with van der Waals surface area (Å²) < 4.78 is 0. The summed E-state index contributed by atoms with van der Waals surface area (Å²) in [6.45, 7) is 2.12. The number of alkyl halides is 1. The Kier molecular flexibility index (Phi) is 3.12. The quantitative estimate of drug-likeness (QED) is 0.658. The summed E-state index contributed by atoms with van der Waals surface area (Å²) in [7, 11) is 0. The second-order valence-corrected chi connectivity index (χ2v) is 5.08. The molecule has 1 aliphatic carbocycles. The molecule has 0 nitrogen and oxygen atoms in total. The van der Waals surface area contributed by atoms with Gasteiger partial charge in [-0.2, -0.15) is 0 Å². The summed E-state index contributed by atoms with van der Waals surface area (Å²) in [6.07, 6.45) is 5.03. The molecule has 0 bridgehead atoms. The second kappa shape index (κ2) is 4.35. The van der Waals surface area contributed by atoms with Gasteiger partial charge in [0.15, 0.2) is 0 Å². The molecule has 0 heterocycles. The van der Waals surface area contributed by atoms with Crippen molar-refractivity contribution in [2.24, 2.45) is 5.92 Å². The molecular formula is C13H17Cl. The van der Waals surface area contributed by atoms with Crippen molar-refractivity contribution in [1.82, 2.24) is 0 Å². The maximum Gasteiger partial charge on any atom is 0.0379 e. The van der Waals surface area contributed by atoms with E-state index < -0.39 is 0 Å². The van der Waals surface area contributed by atoms with Crippen molar-refractivity contribution in [3.8, 4) is 0 Å². The fraction of sp³-hybridized carbons (Fsp3) is 0.538. The third kappa shape index (κ3) is 3.02. The van der Waals surface area contributed by atoms with Crippen LogP contribution >= 0.6 is 11.6 Å². The maximum absolute atomic E-state index is 6.29. The first-order valence-electron chi connectivity index (χ1n) is 5.43. The molecule has 1 aromatic carbocycles. The minimum atomic E-state index is 0.338. The summed E-state index contributed by atoms with van der Waals surface area (Å²) in [6, 6.07) is 8.71. The van der Waals surface area contributed by atoms with Crippen LogP contribution in [0.3, 0.4) is 0 Å². The number of rotatable bonds is 4. The molecule has 14 heavy (non-hydrogen) atoms. The number of aryl methyl sites for hydroxylation is 1. The van der Waals surface area contributed by atoms with E-state index >= 15 is 0 Å². The van der Waals surface area contributed by atoms with Crippen LogP contribution in [0, 0.1) is 12.8 Å². The molecule has 0 N–H and O–H groups in total. The van der Waals surface area contributed by atoms with Gasteiger partial charge in [-0.25, -0.2) is 0 Å². The van der Waals surface area contributed by atoms with Crippen LogP contribution in [-0.2, 0) is 6.42 Å². The van der Waals surface area contributed by atoms with Gasteiger partial charge in [-0.1, -0.05) is 42.7 Å². The van der Waals surface area contributed by atoms with E-state index in [0.29, 0.717) is 5.38 Å². The van der Waals surface area contributed by atoms with Gasteiger partial charge in [-0.3, -0.25) is 0 Å². The predicted octanol–water partition coefficient (Wildman–Crippen LogP) is 3.95. The normalized spacial score (nSPS) is 18.1. The van der Waals surface area contributed by atoms with Crippen LogP contribution in [0.4, 0.5) is 0 Å². The van der Waals surface area contributed by atoms with E-state index in [9.17, 15) is 0 Å². The maximum atomic E-state index is 6.29. The fourth-order valence-electron chi connectivity index (χ4n) is 1.78. The van der Waals surface area contributed by atoms with Crippen molar-refractivity contribution in [3.05, 3.63) is 35.4 Å². The Morgan fingerprint density at radius 1 is 1.29 bits per heavy atom. The first kappa shape index (κ1) is 10.0. The van der Waals surface area contributed by atoms with E-state index in [0.717, 1.165) is 12.3 Å². The molecule has 0 aliphatic heterocycles. The highest BCUT2D eigenvalue weighted by atomic mass is 35.5. The molecule has 0 saturated heterocycles. The van der Waals surface area contributed by atoms with E-state index in [1.165, 1.54) is 30.4 Å². The predicted molar refractivity (Wildman–Crippen MR) is 61.9 cm³/mol. The van der Waals surface area contributed by atoms with Crippen LogP contribution in [0.25, 0.3) is 0 Å². The van der Waals surface area contributed by atoms with Crippen molar-refractivity contribution in [1.29, 1.82) is 0 Å². The summed E-state index contributed by atoms with van der Waals surface area (Å²) in [5.41, 5.74) is 2.69.